The summed E-state index contributed by atoms with van der Waals surface area (Å²) in [6.45, 7) is 5.05. The van der Waals surface area contributed by atoms with Crippen LogP contribution < -0.4 is 10.1 Å². The van der Waals surface area contributed by atoms with Gasteiger partial charge in [0.2, 0.25) is 0 Å². The van der Waals surface area contributed by atoms with Crippen LogP contribution in [0.1, 0.15) is 31.7 Å². The lowest BCUT2D eigenvalue weighted by atomic mass is 9.89. The summed E-state index contributed by atoms with van der Waals surface area (Å²) >= 11 is 0. The Balaban J connectivity index is 1.96. The molecule has 0 spiro atoms. The van der Waals surface area contributed by atoms with Crippen molar-refractivity contribution in [3.63, 3.8) is 0 Å². The van der Waals surface area contributed by atoms with E-state index in [0.29, 0.717) is 6.04 Å². The molecule has 1 aliphatic rings. The predicted octanol–water partition coefficient (Wildman–Crippen LogP) is 3.03. The molecule has 0 bridgehead atoms. The summed E-state index contributed by atoms with van der Waals surface area (Å²) in [5.41, 5.74) is 1.30. The molecule has 1 heterocycles. The Morgan fingerprint density at radius 3 is 2.75 bits per heavy atom. The van der Waals surface area contributed by atoms with Crippen LogP contribution in [0.3, 0.4) is 0 Å². The van der Waals surface area contributed by atoms with E-state index in [1.807, 2.05) is 12.1 Å². The summed E-state index contributed by atoms with van der Waals surface area (Å²) in [6, 6.07) is 8.87. The van der Waals surface area contributed by atoms with Gasteiger partial charge in [-0.3, -0.25) is 0 Å². The monoisotopic (exact) mass is 277 g/mol. The van der Waals surface area contributed by atoms with E-state index in [-0.39, 0.29) is 0 Å². The van der Waals surface area contributed by atoms with Gasteiger partial charge in [0.1, 0.15) is 5.75 Å². The van der Waals surface area contributed by atoms with Crippen LogP contribution in [0.4, 0.5) is 0 Å². The summed E-state index contributed by atoms with van der Waals surface area (Å²) in [7, 11) is 1.75. The summed E-state index contributed by atoms with van der Waals surface area (Å²) in [4.78, 5) is 0. The minimum atomic E-state index is 0.527. The number of nitrogens with one attached hydrogen (secondary N) is 1. The molecule has 1 aliphatic heterocycles. The molecule has 20 heavy (non-hydrogen) atoms. The first-order valence-electron chi connectivity index (χ1n) is 7.76. The van der Waals surface area contributed by atoms with E-state index >= 15 is 0 Å². The zero-order chi connectivity index (χ0) is 14.2. The average Bonchev–Trinajstić information content (AvgIpc) is 2.49. The number of hydrogen-bond acceptors (Lipinski definition) is 3. The van der Waals surface area contributed by atoms with E-state index in [0.717, 1.165) is 37.8 Å². The van der Waals surface area contributed by atoms with Gasteiger partial charge in [-0.1, -0.05) is 25.1 Å². The lowest BCUT2D eigenvalue weighted by Gasteiger charge is -2.27. The van der Waals surface area contributed by atoms with Gasteiger partial charge in [0.05, 0.1) is 7.11 Å². The van der Waals surface area contributed by atoms with Crippen molar-refractivity contribution in [2.75, 3.05) is 26.9 Å². The van der Waals surface area contributed by atoms with Crippen LogP contribution in [0.2, 0.25) is 0 Å². The van der Waals surface area contributed by atoms with Crippen molar-refractivity contribution in [2.24, 2.45) is 5.92 Å². The number of rotatable bonds is 7. The molecule has 0 amide bonds. The van der Waals surface area contributed by atoms with Crippen molar-refractivity contribution in [1.82, 2.24) is 5.32 Å². The Hall–Kier alpha value is -1.06. The topological polar surface area (TPSA) is 30.5 Å². The molecule has 1 atom stereocenters. The van der Waals surface area contributed by atoms with E-state index < -0.39 is 0 Å². The number of para-hydroxylation sites is 1. The molecular formula is C17H27NO2. The second kappa shape index (κ2) is 8.28. The molecule has 1 fully saturated rings. The zero-order valence-electron chi connectivity index (χ0n) is 12.7. The minimum absolute atomic E-state index is 0.527. The van der Waals surface area contributed by atoms with Crippen molar-refractivity contribution in [1.29, 1.82) is 0 Å². The van der Waals surface area contributed by atoms with Gasteiger partial charge < -0.3 is 14.8 Å². The fraction of sp³-hybridized carbons (Fsp3) is 0.647. The highest BCUT2D eigenvalue weighted by atomic mass is 16.5. The van der Waals surface area contributed by atoms with Crippen molar-refractivity contribution in [3.8, 4) is 5.75 Å². The maximum atomic E-state index is 5.47. The van der Waals surface area contributed by atoms with E-state index in [2.05, 4.69) is 24.4 Å². The second-order valence-corrected chi connectivity index (χ2v) is 5.56. The van der Waals surface area contributed by atoms with Gasteiger partial charge in [-0.15, -0.1) is 0 Å². The molecule has 1 aromatic rings. The van der Waals surface area contributed by atoms with Gasteiger partial charge in [0.25, 0.3) is 0 Å². The summed E-state index contributed by atoms with van der Waals surface area (Å²) in [5.74, 6) is 1.80. The molecule has 0 radical (unpaired) electrons. The maximum absolute atomic E-state index is 5.47. The lowest BCUT2D eigenvalue weighted by Crippen LogP contribution is -2.34. The summed E-state index contributed by atoms with van der Waals surface area (Å²) in [5, 5.41) is 3.63. The van der Waals surface area contributed by atoms with Gasteiger partial charge >= 0.3 is 0 Å². The molecule has 1 aromatic carbocycles. The molecule has 1 saturated heterocycles. The standard InChI is InChI=1S/C17H27NO2/c1-3-18-16(12-14-8-10-20-11-9-14)13-15-6-4-5-7-17(15)19-2/h4-7,14,16,18H,3,8-13H2,1-2H3. The molecule has 2 rings (SSSR count). The smallest absolute Gasteiger partial charge is 0.122 e. The molecule has 1 unspecified atom stereocenters. The van der Waals surface area contributed by atoms with Crippen molar-refractivity contribution < 1.29 is 9.47 Å². The second-order valence-electron chi connectivity index (χ2n) is 5.56. The van der Waals surface area contributed by atoms with Crippen molar-refractivity contribution >= 4 is 0 Å². The summed E-state index contributed by atoms with van der Waals surface area (Å²) in [6.07, 6.45) is 4.67. The van der Waals surface area contributed by atoms with E-state index in [4.69, 9.17) is 9.47 Å². The van der Waals surface area contributed by atoms with Crippen LogP contribution in [0.15, 0.2) is 24.3 Å². The number of hydrogen-bond donors (Lipinski definition) is 1. The van der Waals surface area contributed by atoms with Gasteiger partial charge in [-0.2, -0.15) is 0 Å². The molecule has 1 N–H and O–H groups in total. The molecular weight excluding hydrogens is 250 g/mol. The van der Waals surface area contributed by atoms with Crippen LogP contribution >= 0.6 is 0 Å². The highest BCUT2D eigenvalue weighted by molar-refractivity contribution is 5.33. The zero-order valence-corrected chi connectivity index (χ0v) is 12.7. The molecule has 0 aromatic heterocycles. The average molecular weight is 277 g/mol. The number of ether oxygens (including phenoxy) is 2. The SMILES string of the molecule is CCNC(Cc1ccccc1OC)CC1CCOCC1. The molecule has 112 valence electrons. The Labute approximate surface area is 122 Å². The van der Waals surface area contributed by atoms with Crippen molar-refractivity contribution in [2.45, 2.75) is 38.6 Å². The van der Waals surface area contributed by atoms with Crippen LogP contribution in [0.5, 0.6) is 5.75 Å². The largest absolute Gasteiger partial charge is 0.496 e. The third-order valence-electron chi connectivity index (χ3n) is 4.11. The lowest BCUT2D eigenvalue weighted by molar-refractivity contribution is 0.0606. The molecule has 0 saturated carbocycles. The van der Waals surface area contributed by atoms with E-state index in [1.165, 1.54) is 24.8 Å². The fourth-order valence-electron chi connectivity index (χ4n) is 3.05. The Morgan fingerprint density at radius 2 is 2.05 bits per heavy atom. The minimum Gasteiger partial charge on any atom is -0.496 e. The Kier molecular flexibility index (Phi) is 6.34. The van der Waals surface area contributed by atoms with Gasteiger partial charge in [-0.05, 0) is 49.8 Å². The van der Waals surface area contributed by atoms with Crippen LogP contribution in [-0.2, 0) is 11.2 Å². The third kappa shape index (κ3) is 4.50. The molecule has 0 aliphatic carbocycles. The fourth-order valence-corrected chi connectivity index (χ4v) is 3.05. The predicted molar refractivity (Wildman–Crippen MR) is 82.3 cm³/mol. The van der Waals surface area contributed by atoms with Gasteiger partial charge in [0.15, 0.2) is 0 Å². The maximum Gasteiger partial charge on any atom is 0.122 e. The van der Waals surface area contributed by atoms with Gasteiger partial charge in [-0.25, -0.2) is 0 Å². The molecule has 3 nitrogen and oxygen atoms in total. The van der Waals surface area contributed by atoms with E-state index in [1.54, 1.807) is 7.11 Å². The Morgan fingerprint density at radius 1 is 1.30 bits per heavy atom. The highest BCUT2D eigenvalue weighted by Crippen LogP contribution is 2.24. The van der Waals surface area contributed by atoms with Crippen LogP contribution in [-0.4, -0.2) is 32.9 Å². The first-order chi connectivity index (χ1) is 9.83. The first-order valence-corrected chi connectivity index (χ1v) is 7.76. The third-order valence-corrected chi connectivity index (χ3v) is 4.11. The summed E-state index contributed by atoms with van der Waals surface area (Å²) < 4.78 is 10.9. The Bertz CT molecular complexity index is 388. The highest BCUT2D eigenvalue weighted by Gasteiger charge is 2.20. The van der Waals surface area contributed by atoms with Crippen LogP contribution in [0, 0.1) is 5.92 Å². The quantitative estimate of drug-likeness (QED) is 0.831. The number of likely N-dealkylation sites (N-methyl/N-ethyl adjacent to an activating group) is 1. The van der Waals surface area contributed by atoms with Crippen molar-refractivity contribution in [3.05, 3.63) is 29.8 Å². The number of benzene rings is 1. The normalized spacial score (nSPS) is 17.9. The molecule has 3 heteroatoms. The van der Waals surface area contributed by atoms with Gasteiger partial charge in [0, 0.05) is 19.3 Å². The number of methoxy groups -OCH3 is 1. The van der Waals surface area contributed by atoms with E-state index in [9.17, 15) is 0 Å². The van der Waals surface area contributed by atoms with Crippen LogP contribution in [0.25, 0.3) is 0 Å². The first kappa shape index (κ1) is 15.3.